The number of fused-ring (bicyclic) bond motifs is 1. The molecular formula is C23H19N5O3. The van der Waals surface area contributed by atoms with Crippen molar-refractivity contribution in [2.45, 2.75) is 20.4 Å². The third-order valence-electron chi connectivity index (χ3n) is 5.12. The quantitative estimate of drug-likeness (QED) is 0.439. The minimum atomic E-state index is -0.323. The van der Waals surface area contributed by atoms with Crippen LogP contribution in [-0.4, -0.2) is 25.6 Å². The Morgan fingerprint density at radius 1 is 1.13 bits per heavy atom. The van der Waals surface area contributed by atoms with Crippen LogP contribution in [0.25, 0.3) is 33.9 Å². The van der Waals surface area contributed by atoms with Crippen LogP contribution >= 0.6 is 0 Å². The highest BCUT2D eigenvalue weighted by atomic mass is 16.5. The van der Waals surface area contributed by atoms with E-state index in [1.165, 1.54) is 6.26 Å². The van der Waals surface area contributed by atoms with Gasteiger partial charge in [-0.25, -0.2) is 4.98 Å². The topological polar surface area (TPSA) is 99.0 Å². The van der Waals surface area contributed by atoms with Crippen molar-refractivity contribution in [3.8, 4) is 22.8 Å². The van der Waals surface area contributed by atoms with E-state index in [0.717, 1.165) is 28.7 Å². The number of carbonyl (C=O) groups excluding carboxylic acids is 1. The van der Waals surface area contributed by atoms with Crippen LogP contribution in [-0.2, 0) is 6.54 Å². The maximum Gasteiger partial charge on any atom is 0.291 e. The molecule has 2 aromatic carbocycles. The summed E-state index contributed by atoms with van der Waals surface area (Å²) in [4.78, 5) is 21.3. The van der Waals surface area contributed by atoms with Gasteiger partial charge in [0, 0.05) is 23.4 Å². The standard InChI is InChI=1S/C23H19N5O3/c1-3-28-13-24-18-11-15(8-9-19(18)28)21-26-23(31-27-21)16-7-6-14(2)17(12-16)25-22(29)20-5-4-10-30-20/h4-13H,3H2,1-2H3,(H,25,29). The minimum Gasteiger partial charge on any atom is -0.459 e. The molecule has 0 aliphatic carbocycles. The van der Waals surface area contributed by atoms with Crippen LogP contribution in [0.1, 0.15) is 23.0 Å². The van der Waals surface area contributed by atoms with Crippen LogP contribution in [0.15, 0.2) is 70.1 Å². The second kappa shape index (κ2) is 7.56. The third-order valence-corrected chi connectivity index (χ3v) is 5.12. The number of aryl methyl sites for hydroxylation is 2. The number of amides is 1. The lowest BCUT2D eigenvalue weighted by atomic mass is 10.1. The summed E-state index contributed by atoms with van der Waals surface area (Å²) in [6.07, 6.45) is 3.28. The van der Waals surface area contributed by atoms with Crippen molar-refractivity contribution in [2.24, 2.45) is 0 Å². The molecule has 0 saturated heterocycles. The molecule has 0 bridgehead atoms. The van der Waals surface area contributed by atoms with Crippen LogP contribution in [0.5, 0.6) is 0 Å². The summed E-state index contributed by atoms with van der Waals surface area (Å²) >= 11 is 0. The summed E-state index contributed by atoms with van der Waals surface area (Å²) in [6.45, 7) is 4.84. The molecule has 154 valence electrons. The van der Waals surface area contributed by atoms with Gasteiger partial charge in [0.25, 0.3) is 11.8 Å². The Hall–Kier alpha value is -4.20. The normalized spacial score (nSPS) is 11.2. The van der Waals surface area contributed by atoms with Crippen LogP contribution in [0, 0.1) is 6.92 Å². The van der Waals surface area contributed by atoms with Gasteiger partial charge in [-0.2, -0.15) is 4.98 Å². The van der Waals surface area contributed by atoms with E-state index in [0.29, 0.717) is 23.0 Å². The lowest BCUT2D eigenvalue weighted by molar-refractivity contribution is 0.0996. The maximum atomic E-state index is 12.3. The number of hydrogen-bond acceptors (Lipinski definition) is 6. The Kier molecular flexibility index (Phi) is 4.59. The average Bonchev–Trinajstić information content (AvgIpc) is 3.54. The fourth-order valence-corrected chi connectivity index (χ4v) is 3.39. The lowest BCUT2D eigenvalue weighted by Crippen LogP contribution is -2.11. The molecule has 5 rings (SSSR count). The van der Waals surface area contributed by atoms with Crippen molar-refractivity contribution >= 4 is 22.6 Å². The number of furan rings is 1. The fraction of sp³-hybridized carbons (Fsp3) is 0.130. The summed E-state index contributed by atoms with van der Waals surface area (Å²) in [5.41, 5.74) is 5.01. The van der Waals surface area contributed by atoms with Gasteiger partial charge < -0.3 is 18.8 Å². The highest BCUT2D eigenvalue weighted by molar-refractivity contribution is 6.02. The first-order valence-electron chi connectivity index (χ1n) is 9.87. The Bertz CT molecular complexity index is 1380. The molecular weight excluding hydrogens is 394 g/mol. The molecule has 3 aromatic heterocycles. The number of aromatic nitrogens is 4. The van der Waals surface area contributed by atoms with Gasteiger partial charge in [0.1, 0.15) is 0 Å². The first-order valence-corrected chi connectivity index (χ1v) is 9.87. The first kappa shape index (κ1) is 18.8. The molecule has 0 aliphatic rings. The second-order valence-electron chi connectivity index (χ2n) is 7.12. The molecule has 31 heavy (non-hydrogen) atoms. The molecule has 0 radical (unpaired) electrons. The van der Waals surface area contributed by atoms with E-state index in [9.17, 15) is 4.79 Å². The molecule has 0 aliphatic heterocycles. The summed E-state index contributed by atoms with van der Waals surface area (Å²) in [6, 6.07) is 14.8. The minimum absolute atomic E-state index is 0.241. The number of nitrogens with one attached hydrogen (secondary N) is 1. The predicted octanol–water partition coefficient (Wildman–Crippen LogP) is 4.93. The van der Waals surface area contributed by atoms with E-state index in [2.05, 4.69) is 31.9 Å². The maximum absolute atomic E-state index is 12.3. The van der Waals surface area contributed by atoms with E-state index >= 15 is 0 Å². The molecule has 1 N–H and O–H groups in total. The molecule has 0 spiro atoms. The molecule has 0 fully saturated rings. The number of rotatable bonds is 5. The Balaban J connectivity index is 1.43. The van der Waals surface area contributed by atoms with Crippen LogP contribution in [0.4, 0.5) is 5.69 Å². The van der Waals surface area contributed by atoms with Gasteiger partial charge in [0.05, 0.1) is 23.6 Å². The number of imidazole rings is 1. The fourth-order valence-electron chi connectivity index (χ4n) is 3.39. The number of anilines is 1. The van der Waals surface area contributed by atoms with E-state index in [-0.39, 0.29) is 11.7 Å². The zero-order valence-corrected chi connectivity index (χ0v) is 17.0. The van der Waals surface area contributed by atoms with E-state index in [1.54, 1.807) is 18.2 Å². The van der Waals surface area contributed by atoms with Gasteiger partial charge in [0.2, 0.25) is 5.82 Å². The predicted molar refractivity (Wildman–Crippen MR) is 116 cm³/mol. The highest BCUT2D eigenvalue weighted by Crippen LogP contribution is 2.28. The van der Waals surface area contributed by atoms with Crippen LogP contribution in [0.2, 0.25) is 0 Å². The molecule has 5 aromatic rings. The Morgan fingerprint density at radius 3 is 2.81 bits per heavy atom. The molecule has 8 nitrogen and oxygen atoms in total. The summed E-state index contributed by atoms with van der Waals surface area (Å²) in [7, 11) is 0. The zero-order valence-electron chi connectivity index (χ0n) is 17.0. The van der Waals surface area contributed by atoms with Gasteiger partial charge in [-0.1, -0.05) is 11.2 Å². The molecule has 0 saturated carbocycles. The second-order valence-corrected chi connectivity index (χ2v) is 7.12. The highest BCUT2D eigenvalue weighted by Gasteiger charge is 2.15. The Morgan fingerprint density at radius 2 is 2.00 bits per heavy atom. The largest absolute Gasteiger partial charge is 0.459 e. The smallest absolute Gasteiger partial charge is 0.291 e. The van der Waals surface area contributed by atoms with Gasteiger partial charge in [-0.3, -0.25) is 4.79 Å². The van der Waals surface area contributed by atoms with Crippen molar-refractivity contribution in [3.63, 3.8) is 0 Å². The zero-order chi connectivity index (χ0) is 21.4. The molecule has 8 heteroatoms. The number of hydrogen-bond donors (Lipinski definition) is 1. The number of nitrogens with zero attached hydrogens (tertiary/aromatic N) is 4. The third kappa shape index (κ3) is 3.48. The average molecular weight is 413 g/mol. The van der Waals surface area contributed by atoms with Crippen molar-refractivity contribution in [1.29, 1.82) is 0 Å². The van der Waals surface area contributed by atoms with Crippen molar-refractivity contribution in [2.75, 3.05) is 5.32 Å². The SMILES string of the molecule is CCn1cnc2cc(-c3noc(-c4ccc(C)c(NC(=O)c5ccco5)c4)n3)ccc21. The van der Waals surface area contributed by atoms with Gasteiger partial charge in [0.15, 0.2) is 5.76 Å². The summed E-state index contributed by atoms with van der Waals surface area (Å²) in [5, 5.41) is 6.98. The Labute approximate surface area is 177 Å². The molecule has 1 amide bonds. The molecule has 0 atom stereocenters. The molecule has 0 unspecified atom stereocenters. The van der Waals surface area contributed by atoms with Gasteiger partial charge in [-0.05, 0) is 61.9 Å². The van der Waals surface area contributed by atoms with E-state index < -0.39 is 0 Å². The van der Waals surface area contributed by atoms with Crippen LogP contribution in [0.3, 0.4) is 0 Å². The van der Waals surface area contributed by atoms with Crippen molar-refractivity contribution < 1.29 is 13.7 Å². The number of carbonyl (C=O) groups is 1. The van der Waals surface area contributed by atoms with Gasteiger partial charge >= 0.3 is 0 Å². The monoisotopic (exact) mass is 413 g/mol. The van der Waals surface area contributed by atoms with E-state index in [1.807, 2.05) is 43.6 Å². The van der Waals surface area contributed by atoms with Crippen LogP contribution < -0.4 is 5.32 Å². The van der Waals surface area contributed by atoms with Crippen molar-refractivity contribution in [3.05, 3.63) is 72.4 Å². The van der Waals surface area contributed by atoms with Crippen molar-refractivity contribution in [1.82, 2.24) is 19.7 Å². The summed E-state index contributed by atoms with van der Waals surface area (Å²) in [5.74, 6) is 0.759. The van der Waals surface area contributed by atoms with Gasteiger partial charge in [-0.15, -0.1) is 0 Å². The lowest BCUT2D eigenvalue weighted by Gasteiger charge is -2.08. The molecule has 3 heterocycles. The van der Waals surface area contributed by atoms with E-state index in [4.69, 9.17) is 8.94 Å². The first-order chi connectivity index (χ1) is 15.1. The summed E-state index contributed by atoms with van der Waals surface area (Å²) < 4.78 is 12.7. The number of benzene rings is 2.